The van der Waals surface area contributed by atoms with Gasteiger partial charge in [0.05, 0.1) is 12.3 Å². The fourth-order valence-corrected chi connectivity index (χ4v) is 2.22. The second-order valence-electron chi connectivity index (χ2n) is 5.29. The van der Waals surface area contributed by atoms with Crippen molar-refractivity contribution >= 4 is 23.1 Å². The van der Waals surface area contributed by atoms with Crippen molar-refractivity contribution in [2.45, 2.75) is 20.3 Å². The quantitative estimate of drug-likeness (QED) is 0.725. The molecule has 2 rings (SSSR count). The maximum atomic E-state index is 12.0. The Balaban J connectivity index is 1.82. The van der Waals surface area contributed by atoms with E-state index in [1.165, 1.54) is 6.92 Å². The van der Waals surface area contributed by atoms with Crippen molar-refractivity contribution in [3.05, 3.63) is 54.1 Å². The molecule has 24 heavy (non-hydrogen) atoms. The zero-order valence-corrected chi connectivity index (χ0v) is 14.0. The fourth-order valence-electron chi connectivity index (χ4n) is 2.22. The zero-order chi connectivity index (χ0) is 17.4. The lowest BCUT2D eigenvalue weighted by Gasteiger charge is -2.12. The third kappa shape index (κ3) is 5.12. The van der Waals surface area contributed by atoms with Crippen LogP contribution in [-0.4, -0.2) is 24.8 Å². The highest BCUT2D eigenvalue weighted by molar-refractivity contribution is 5.95. The van der Waals surface area contributed by atoms with Crippen LogP contribution >= 0.6 is 0 Å². The van der Waals surface area contributed by atoms with Crippen LogP contribution in [0.15, 0.2) is 48.5 Å². The van der Waals surface area contributed by atoms with Gasteiger partial charge in [-0.3, -0.25) is 9.59 Å². The van der Waals surface area contributed by atoms with Gasteiger partial charge in [-0.05, 0) is 50.2 Å². The van der Waals surface area contributed by atoms with Gasteiger partial charge in [-0.1, -0.05) is 12.1 Å². The lowest BCUT2D eigenvalue weighted by Crippen LogP contribution is -2.16. The molecule has 2 N–H and O–H groups in total. The highest BCUT2D eigenvalue weighted by Crippen LogP contribution is 2.23. The second kappa shape index (κ2) is 8.72. The first kappa shape index (κ1) is 17.5. The third-order valence-electron chi connectivity index (χ3n) is 3.43. The Bertz CT molecular complexity index is 696. The van der Waals surface area contributed by atoms with Crippen LogP contribution < -0.4 is 15.4 Å². The van der Waals surface area contributed by atoms with Gasteiger partial charge >= 0.3 is 0 Å². The number of carbonyl (C=O) groups excluding carboxylic acids is 2. The van der Waals surface area contributed by atoms with E-state index in [4.69, 9.17) is 4.74 Å². The maximum Gasteiger partial charge on any atom is 0.226 e. The normalized spacial score (nSPS) is 10.1. The molecule has 0 aliphatic heterocycles. The minimum Gasteiger partial charge on any atom is -0.492 e. The Morgan fingerprint density at radius 3 is 2.42 bits per heavy atom. The molecule has 0 bridgehead atoms. The highest BCUT2D eigenvalue weighted by atomic mass is 16.5. The number of ketones is 1. The van der Waals surface area contributed by atoms with E-state index in [1.807, 2.05) is 31.2 Å². The predicted molar refractivity (Wildman–Crippen MR) is 95.8 cm³/mol. The van der Waals surface area contributed by atoms with Gasteiger partial charge in [0.2, 0.25) is 5.91 Å². The number of anilines is 2. The topological polar surface area (TPSA) is 67.4 Å². The average molecular weight is 326 g/mol. The fraction of sp³-hybridized carbons (Fsp3) is 0.263. The summed E-state index contributed by atoms with van der Waals surface area (Å²) in [4.78, 5) is 23.2. The van der Waals surface area contributed by atoms with E-state index in [9.17, 15) is 9.59 Å². The van der Waals surface area contributed by atoms with Crippen molar-refractivity contribution < 1.29 is 14.3 Å². The van der Waals surface area contributed by atoms with Crippen LogP contribution in [-0.2, 0) is 4.79 Å². The first-order valence-electron chi connectivity index (χ1n) is 7.96. The van der Waals surface area contributed by atoms with Gasteiger partial charge in [0.1, 0.15) is 5.75 Å². The van der Waals surface area contributed by atoms with Gasteiger partial charge in [0.15, 0.2) is 5.78 Å². The Morgan fingerprint density at radius 1 is 1.04 bits per heavy atom. The Kier molecular flexibility index (Phi) is 6.37. The first-order chi connectivity index (χ1) is 11.6. The second-order valence-corrected chi connectivity index (χ2v) is 5.29. The molecule has 126 valence electrons. The molecule has 0 heterocycles. The number of Topliss-reactive ketones (excluding diaryl/α,β-unsaturated/α-hetero) is 1. The summed E-state index contributed by atoms with van der Waals surface area (Å²) in [6.07, 6.45) is 0.328. The van der Waals surface area contributed by atoms with Crippen LogP contribution in [0.25, 0.3) is 0 Å². The molecule has 0 fully saturated rings. The van der Waals surface area contributed by atoms with Crippen LogP contribution in [0, 0.1) is 0 Å². The molecule has 0 aromatic heterocycles. The minimum atomic E-state index is -0.0908. The van der Waals surface area contributed by atoms with Crippen molar-refractivity contribution in [3.8, 4) is 5.75 Å². The summed E-state index contributed by atoms with van der Waals surface area (Å²) >= 11 is 0. The van der Waals surface area contributed by atoms with Gasteiger partial charge in [-0.15, -0.1) is 0 Å². The van der Waals surface area contributed by atoms with E-state index < -0.39 is 0 Å². The molecule has 0 atom stereocenters. The maximum absolute atomic E-state index is 12.0. The number of rotatable bonds is 8. The Labute approximate surface area is 142 Å². The number of para-hydroxylation sites is 2. The SMILES string of the molecule is CCOc1ccccc1NCCC(=O)Nc1ccc(C(C)=O)cc1. The molecule has 0 aliphatic carbocycles. The predicted octanol–water partition coefficient (Wildman–Crippen LogP) is 3.73. The Hall–Kier alpha value is -2.82. The zero-order valence-electron chi connectivity index (χ0n) is 14.0. The van der Waals surface area contributed by atoms with Gasteiger partial charge < -0.3 is 15.4 Å². The molecule has 0 spiro atoms. The van der Waals surface area contributed by atoms with E-state index in [0.29, 0.717) is 30.8 Å². The number of hydrogen-bond acceptors (Lipinski definition) is 4. The molecule has 2 aromatic rings. The first-order valence-corrected chi connectivity index (χ1v) is 7.96. The summed E-state index contributed by atoms with van der Waals surface area (Å²) in [6, 6.07) is 14.5. The number of benzene rings is 2. The van der Waals surface area contributed by atoms with Crippen LogP contribution in [0.2, 0.25) is 0 Å². The van der Waals surface area contributed by atoms with E-state index >= 15 is 0 Å². The molecule has 5 heteroatoms. The standard InChI is InChI=1S/C19H22N2O3/c1-3-24-18-7-5-4-6-17(18)20-13-12-19(23)21-16-10-8-15(9-11-16)14(2)22/h4-11,20H,3,12-13H2,1-2H3,(H,21,23). The summed E-state index contributed by atoms with van der Waals surface area (Å²) in [7, 11) is 0. The van der Waals surface area contributed by atoms with Crippen molar-refractivity contribution in [3.63, 3.8) is 0 Å². The molecule has 0 radical (unpaired) electrons. The average Bonchev–Trinajstić information content (AvgIpc) is 2.57. The van der Waals surface area contributed by atoms with E-state index in [1.54, 1.807) is 24.3 Å². The van der Waals surface area contributed by atoms with Crippen LogP contribution in [0.5, 0.6) is 5.75 Å². The molecule has 0 unspecified atom stereocenters. The van der Waals surface area contributed by atoms with Crippen molar-refractivity contribution in [1.82, 2.24) is 0 Å². The Morgan fingerprint density at radius 2 is 1.75 bits per heavy atom. The summed E-state index contributed by atoms with van der Waals surface area (Å²) in [6.45, 7) is 4.54. The van der Waals surface area contributed by atoms with E-state index in [2.05, 4.69) is 10.6 Å². The van der Waals surface area contributed by atoms with Crippen LogP contribution in [0.1, 0.15) is 30.6 Å². The monoisotopic (exact) mass is 326 g/mol. The van der Waals surface area contributed by atoms with Gasteiger partial charge in [0.25, 0.3) is 0 Å². The smallest absolute Gasteiger partial charge is 0.226 e. The summed E-state index contributed by atoms with van der Waals surface area (Å²) < 4.78 is 5.53. The van der Waals surface area contributed by atoms with Gasteiger partial charge in [0, 0.05) is 24.2 Å². The minimum absolute atomic E-state index is 0.00467. The number of hydrogen-bond donors (Lipinski definition) is 2. The summed E-state index contributed by atoms with van der Waals surface area (Å²) in [5.74, 6) is 0.692. The van der Waals surface area contributed by atoms with Crippen LogP contribution in [0.3, 0.4) is 0 Å². The number of ether oxygens (including phenoxy) is 1. The molecule has 1 amide bonds. The molecular weight excluding hydrogens is 304 g/mol. The van der Waals surface area contributed by atoms with Crippen molar-refractivity contribution in [2.24, 2.45) is 0 Å². The molecule has 0 saturated heterocycles. The van der Waals surface area contributed by atoms with Gasteiger partial charge in [-0.2, -0.15) is 0 Å². The van der Waals surface area contributed by atoms with Crippen molar-refractivity contribution in [1.29, 1.82) is 0 Å². The molecule has 5 nitrogen and oxygen atoms in total. The number of amides is 1. The molecule has 0 saturated carbocycles. The lowest BCUT2D eigenvalue weighted by atomic mass is 10.1. The summed E-state index contributed by atoms with van der Waals surface area (Å²) in [5.41, 5.74) is 2.18. The highest BCUT2D eigenvalue weighted by Gasteiger charge is 2.05. The number of carbonyl (C=O) groups is 2. The van der Waals surface area contributed by atoms with E-state index in [0.717, 1.165) is 11.4 Å². The van der Waals surface area contributed by atoms with E-state index in [-0.39, 0.29) is 11.7 Å². The largest absolute Gasteiger partial charge is 0.492 e. The van der Waals surface area contributed by atoms with Crippen LogP contribution in [0.4, 0.5) is 11.4 Å². The lowest BCUT2D eigenvalue weighted by molar-refractivity contribution is -0.115. The molecule has 0 aliphatic rings. The van der Waals surface area contributed by atoms with Crippen molar-refractivity contribution in [2.75, 3.05) is 23.8 Å². The van der Waals surface area contributed by atoms with Gasteiger partial charge in [-0.25, -0.2) is 0 Å². The number of nitrogens with one attached hydrogen (secondary N) is 2. The third-order valence-corrected chi connectivity index (χ3v) is 3.43. The molecular formula is C19H22N2O3. The summed E-state index contributed by atoms with van der Waals surface area (Å²) in [5, 5.41) is 6.02. The molecule has 2 aromatic carbocycles.